The van der Waals surface area contributed by atoms with Crippen LogP contribution in [0.3, 0.4) is 0 Å². The Hall–Kier alpha value is -0.500. The average molecular weight is 267 g/mol. The van der Waals surface area contributed by atoms with Crippen molar-refractivity contribution in [1.29, 1.82) is 0 Å². The molecule has 1 rings (SSSR count). The Morgan fingerprint density at radius 2 is 2.31 bits per heavy atom. The van der Waals surface area contributed by atoms with Gasteiger partial charge in [0.15, 0.2) is 10.0 Å². The van der Waals surface area contributed by atoms with Crippen LogP contribution in [-0.2, 0) is 4.79 Å². The van der Waals surface area contributed by atoms with E-state index < -0.39 is 18.1 Å². The molecule has 0 aliphatic heterocycles. The first-order chi connectivity index (χ1) is 6.02. The predicted octanol–water partition coefficient (Wildman–Crippen LogP) is -0.215. The molecule has 2 unspecified atom stereocenters. The molecule has 0 aliphatic rings. The van der Waals surface area contributed by atoms with Crippen LogP contribution in [0.1, 0.15) is 11.8 Å². The number of hydrogen-bond donors (Lipinski definition) is 3. The summed E-state index contributed by atoms with van der Waals surface area (Å²) in [6, 6.07) is 0. The van der Waals surface area contributed by atoms with Crippen LogP contribution in [0, 0.1) is 0 Å². The Kier molecular flexibility index (Phi) is 3.37. The SMILES string of the molecule is NC(=O)C(O)C(O)c1csc(Br)n1. The summed E-state index contributed by atoms with van der Waals surface area (Å²) in [5.41, 5.74) is 5.02. The first-order valence-corrected chi connectivity index (χ1v) is 4.96. The van der Waals surface area contributed by atoms with Crippen LogP contribution in [0.25, 0.3) is 0 Å². The highest BCUT2D eigenvalue weighted by molar-refractivity contribution is 9.11. The molecule has 0 radical (unpaired) electrons. The molecule has 0 bridgehead atoms. The minimum absolute atomic E-state index is 0.225. The van der Waals surface area contributed by atoms with Crippen molar-refractivity contribution in [3.8, 4) is 0 Å². The van der Waals surface area contributed by atoms with E-state index in [0.29, 0.717) is 3.92 Å². The van der Waals surface area contributed by atoms with Gasteiger partial charge in [0.1, 0.15) is 6.10 Å². The zero-order valence-electron chi connectivity index (χ0n) is 6.35. The molecule has 1 heterocycles. The Labute approximate surface area is 86.3 Å². The molecular weight excluding hydrogens is 260 g/mol. The van der Waals surface area contributed by atoms with E-state index in [1.165, 1.54) is 16.7 Å². The largest absolute Gasteiger partial charge is 0.383 e. The summed E-state index contributed by atoms with van der Waals surface area (Å²) in [5, 5.41) is 20.0. The molecule has 2 atom stereocenters. The van der Waals surface area contributed by atoms with E-state index >= 15 is 0 Å². The molecule has 0 spiro atoms. The quantitative estimate of drug-likeness (QED) is 0.705. The third-order valence-corrected chi connectivity index (χ3v) is 2.77. The first-order valence-electron chi connectivity index (χ1n) is 3.28. The van der Waals surface area contributed by atoms with E-state index in [1.807, 2.05) is 0 Å². The molecule has 13 heavy (non-hydrogen) atoms. The van der Waals surface area contributed by atoms with Gasteiger partial charge in [-0.2, -0.15) is 0 Å². The van der Waals surface area contributed by atoms with Gasteiger partial charge in [-0.1, -0.05) is 0 Å². The number of nitrogens with two attached hydrogens (primary N) is 1. The van der Waals surface area contributed by atoms with Crippen LogP contribution in [0.15, 0.2) is 9.30 Å². The lowest BCUT2D eigenvalue weighted by Crippen LogP contribution is -2.33. The summed E-state index contributed by atoms with van der Waals surface area (Å²) in [5.74, 6) is -0.975. The number of aliphatic hydroxyl groups is 2. The van der Waals surface area contributed by atoms with Crippen LogP contribution in [0.4, 0.5) is 0 Å². The third-order valence-electron chi connectivity index (χ3n) is 1.39. The molecule has 4 N–H and O–H groups in total. The van der Waals surface area contributed by atoms with Crippen LogP contribution >= 0.6 is 27.3 Å². The molecule has 1 aromatic rings. The highest BCUT2D eigenvalue weighted by atomic mass is 79.9. The number of aliphatic hydroxyl groups excluding tert-OH is 2. The number of thiazole rings is 1. The number of carbonyl (C=O) groups excluding carboxylic acids is 1. The molecule has 0 fully saturated rings. The average Bonchev–Trinajstić information content (AvgIpc) is 2.49. The number of amides is 1. The number of carbonyl (C=O) groups is 1. The Morgan fingerprint density at radius 3 is 2.69 bits per heavy atom. The summed E-state index contributed by atoms with van der Waals surface area (Å²) in [6.07, 6.45) is -2.98. The number of rotatable bonds is 3. The zero-order chi connectivity index (χ0) is 10.0. The smallest absolute Gasteiger partial charge is 0.249 e. The monoisotopic (exact) mass is 266 g/mol. The summed E-state index contributed by atoms with van der Waals surface area (Å²) < 4.78 is 0.568. The topological polar surface area (TPSA) is 96.4 Å². The van der Waals surface area contributed by atoms with E-state index in [1.54, 1.807) is 0 Å². The van der Waals surface area contributed by atoms with Gasteiger partial charge >= 0.3 is 0 Å². The second kappa shape index (κ2) is 4.14. The molecule has 72 valence electrons. The van der Waals surface area contributed by atoms with E-state index in [0.717, 1.165) is 0 Å². The molecule has 1 amide bonds. The lowest BCUT2D eigenvalue weighted by atomic mass is 10.1. The second-order valence-corrected chi connectivity index (χ2v) is 4.45. The normalized spacial score (nSPS) is 15.3. The summed E-state index contributed by atoms with van der Waals surface area (Å²) in [6.45, 7) is 0. The maximum atomic E-state index is 10.5. The summed E-state index contributed by atoms with van der Waals surface area (Å²) in [7, 11) is 0. The molecule has 7 heteroatoms. The molecule has 0 saturated carbocycles. The third kappa shape index (κ3) is 2.47. The van der Waals surface area contributed by atoms with Crippen molar-refractivity contribution in [2.75, 3.05) is 0 Å². The number of aromatic nitrogens is 1. The van der Waals surface area contributed by atoms with Crippen molar-refractivity contribution in [1.82, 2.24) is 4.98 Å². The van der Waals surface area contributed by atoms with Gasteiger partial charge in [-0.25, -0.2) is 4.98 Å². The van der Waals surface area contributed by atoms with Crippen molar-refractivity contribution in [3.63, 3.8) is 0 Å². The van der Waals surface area contributed by atoms with Gasteiger partial charge in [0.25, 0.3) is 0 Å². The minimum atomic E-state index is -1.62. The van der Waals surface area contributed by atoms with Crippen molar-refractivity contribution in [2.24, 2.45) is 5.73 Å². The van der Waals surface area contributed by atoms with E-state index in [4.69, 9.17) is 10.8 Å². The van der Waals surface area contributed by atoms with Crippen LogP contribution in [0.5, 0.6) is 0 Å². The standard InChI is InChI=1S/C6H7BrN2O3S/c7-6-9-2(1-13-6)3(10)4(11)5(8)12/h1,3-4,10-11H,(H2,8,12). The van der Waals surface area contributed by atoms with Crippen molar-refractivity contribution in [3.05, 3.63) is 15.0 Å². The van der Waals surface area contributed by atoms with Crippen molar-refractivity contribution < 1.29 is 15.0 Å². The maximum absolute atomic E-state index is 10.5. The van der Waals surface area contributed by atoms with Gasteiger partial charge in [0, 0.05) is 5.38 Å². The molecule has 1 aromatic heterocycles. The number of halogens is 1. The number of primary amides is 1. The number of hydrogen-bond acceptors (Lipinski definition) is 5. The number of nitrogens with zero attached hydrogens (tertiary/aromatic N) is 1. The van der Waals surface area contributed by atoms with E-state index in [2.05, 4.69) is 20.9 Å². The van der Waals surface area contributed by atoms with Gasteiger partial charge < -0.3 is 15.9 Å². The van der Waals surface area contributed by atoms with Crippen LogP contribution < -0.4 is 5.73 Å². The van der Waals surface area contributed by atoms with Gasteiger partial charge in [0.2, 0.25) is 5.91 Å². The highest BCUT2D eigenvalue weighted by Gasteiger charge is 2.25. The fourth-order valence-corrected chi connectivity index (χ4v) is 1.77. The van der Waals surface area contributed by atoms with E-state index in [-0.39, 0.29) is 5.69 Å². The lowest BCUT2D eigenvalue weighted by molar-refractivity contribution is -0.132. The molecule has 0 aromatic carbocycles. The van der Waals surface area contributed by atoms with Crippen LogP contribution in [-0.4, -0.2) is 27.2 Å². The van der Waals surface area contributed by atoms with Gasteiger partial charge in [-0.05, 0) is 15.9 Å². The van der Waals surface area contributed by atoms with Crippen molar-refractivity contribution in [2.45, 2.75) is 12.2 Å². The van der Waals surface area contributed by atoms with E-state index in [9.17, 15) is 9.90 Å². The fourth-order valence-electron chi connectivity index (χ4n) is 0.716. The Morgan fingerprint density at radius 1 is 1.69 bits per heavy atom. The second-order valence-electron chi connectivity index (χ2n) is 2.32. The first kappa shape index (κ1) is 10.6. The molecule has 5 nitrogen and oxygen atoms in total. The van der Waals surface area contributed by atoms with Gasteiger partial charge in [-0.3, -0.25) is 4.79 Å². The highest BCUT2D eigenvalue weighted by Crippen LogP contribution is 2.22. The van der Waals surface area contributed by atoms with Crippen molar-refractivity contribution >= 4 is 33.2 Å². The van der Waals surface area contributed by atoms with Gasteiger partial charge in [0.05, 0.1) is 5.69 Å². The maximum Gasteiger partial charge on any atom is 0.249 e. The summed E-state index contributed by atoms with van der Waals surface area (Å²) in [4.78, 5) is 14.3. The van der Waals surface area contributed by atoms with Gasteiger partial charge in [-0.15, -0.1) is 11.3 Å². The Balaban J connectivity index is 2.78. The fraction of sp³-hybridized carbons (Fsp3) is 0.333. The molecular formula is C6H7BrN2O3S. The lowest BCUT2D eigenvalue weighted by Gasteiger charge is -2.11. The predicted molar refractivity (Wildman–Crippen MR) is 50.0 cm³/mol. The summed E-state index contributed by atoms with van der Waals surface area (Å²) >= 11 is 4.33. The Bertz CT molecular complexity index is 317. The molecule has 0 saturated heterocycles. The zero-order valence-corrected chi connectivity index (χ0v) is 8.75. The minimum Gasteiger partial charge on any atom is -0.383 e. The molecule has 0 aliphatic carbocycles. The van der Waals surface area contributed by atoms with Crippen LogP contribution in [0.2, 0.25) is 0 Å².